The first kappa shape index (κ1) is 18.8. The maximum absolute atomic E-state index is 13.3. The Labute approximate surface area is 170 Å². The molecule has 1 saturated heterocycles. The summed E-state index contributed by atoms with van der Waals surface area (Å²) >= 11 is 6.10. The Morgan fingerprint density at radius 3 is 2.71 bits per heavy atom. The number of likely N-dealkylation sites (tertiary alicyclic amines) is 1. The van der Waals surface area contributed by atoms with Crippen molar-refractivity contribution < 1.29 is 9.53 Å². The smallest absolute Gasteiger partial charge is 0.258 e. The van der Waals surface area contributed by atoms with Crippen LogP contribution in [-0.4, -0.2) is 44.1 Å². The lowest BCUT2D eigenvalue weighted by molar-refractivity contribution is 0.0978. The van der Waals surface area contributed by atoms with Crippen LogP contribution in [0.4, 0.5) is 5.69 Å². The van der Waals surface area contributed by atoms with Gasteiger partial charge in [0.25, 0.3) is 5.91 Å². The Balaban J connectivity index is 1.70. The number of nitrogens with zero attached hydrogens (tertiary/aromatic N) is 3. The van der Waals surface area contributed by atoms with Gasteiger partial charge >= 0.3 is 0 Å². The van der Waals surface area contributed by atoms with E-state index in [1.807, 2.05) is 17.0 Å². The summed E-state index contributed by atoms with van der Waals surface area (Å²) in [4.78, 5) is 17.3. The molecule has 144 valence electrons. The summed E-state index contributed by atoms with van der Waals surface area (Å²) in [7, 11) is 1.66. The number of fused-ring (bicyclic) bond motifs is 2. The van der Waals surface area contributed by atoms with E-state index in [0.717, 1.165) is 37.4 Å². The van der Waals surface area contributed by atoms with Crippen LogP contribution >= 0.6 is 11.6 Å². The number of carbonyl (C=O) groups is 1. The molecule has 0 saturated carbocycles. The van der Waals surface area contributed by atoms with Gasteiger partial charge in [-0.1, -0.05) is 17.7 Å². The number of amides is 1. The minimum atomic E-state index is -0.107. The maximum atomic E-state index is 13.3. The Morgan fingerprint density at radius 1 is 1.25 bits per heavy atom. The minimum Gasteiger partial charge on any atom is -0.497 e. The SMILES string of the molecule is COc1ccc2c(c1)C1(CCN(CC#N)CC1)CN2C(=O)c1cccc(Cl)c1. The first-order chi connectivity index (χ1) is 13.6. The molecular weight excluding hydrogens is 374 g/mol. The highest BCUT2D eigenvalue weighted by molar-refractivity contribution is 6.31. The zero-order valence-electron chi connectivity index (χ0n) is 15.8. The first-order valence-corrected chi connectivity index (χ1v) is 9.79. The number of carbonyl (C=O) groups excluding carboxylic acids is 1. The predicted molar refractivity (Wildman–Crippen MR) is 109 cm³/mol. The Hall–Kier alpha value is -2.55. The number of benzene rings is 2. The highest BCUT2D eigenvalue weighted by Gasteiger charge is 2.46. The molecule has 0 bridgehead atoms. The summed E-state index contributed by atoms with van der Waals surface area (Å²) in [6.07, 6.45) is 1.82. The first-order valence-electron chi connectivity index (χ1n) is 9.41. The second kappa shape index (κ2) is 7.46. The van der Waals surface area contributed by atoms with Gasteiger partial charge in [0.15, 0.2) is 0 Å². The van der Waals surface area contributed by atoms with Gasteiger partial charge in [-0.05, 0) is 54.8 Å². The molecule has 0 radical (unpaired) electrons. The van der Waals surface area contributed by atoms with Crippen LogP contribution in [0.25, 0.3) is 0 Å². The molecule has 0 aliphatic carbocycles. The van der Waals surface area contributed by atoms with E-state index in [1.165, 1.54) is 5.56 Å². The van der Waals surface area contributed by atoms with E-state index >= 15 is 0 Å². The van der Waals surface area contributed by atoms with Gasteiger partial charge in [-0.15, -0.1) is 0 Å². The molecule has 6 heteroatoms. The van der Waals surface area contributed by atoms with Crippen LogP contribution in [0.1, 0.15) is 28.8 Å². The third-order valence-electron chi connectivity index (χ3n) is 5.95. The van der Waals surface area contributed by atoms with Gasteiger partial charge in [0.05, 0.1) is 19.7 Å². The summed E-state index contributed by atoms with van der Waals surface area (Å²) in [5.41, 5.74) is 2.59. The molecule has 1 fully saturated rings. The second-order valence-corrected chi connectivity index (χ2v) is 7.94. The van der Waals surface area contributed by atoms with E-state index in [9.17, 15) is 4.79 Å². The van der Waals surface area contributed by atoms with Crippen LogP contribution < -0.4 is 9.64 Å². The number of hydrogen-bond donors (Lipinski definition) is 0. The van der Waals surface area contributed by atoms with Crippen molar-refractivity contribution in [3.05, 3.63) is 58.6 Å². The van der Waals surface area contributed by atoms with E-state index in [0.29, 0.717) is 23.7 Å². The molecule has 2 aromatic rings. The van der Waals surface area contributed by atoms with Crippen molar-refractivity contribution >= 4 is 23.2 Å². The largest absolute Gasteiger partial charge is 0.497 e. The third-order valence-corrected chi connectivity index (χ3v) is 6.19. The van der Waals surface area contributed by atoms with Crippen molar-refractivity contribution in [2.75, 3.05) is 38.2 Å². The van der Waals surface area contributed by atoms with Crippen LogP contribution in [0.15, 0.2) is 42.5 Å². The second-order valence-electron chi connectivity index (χ2n) is 7.50. The molecule has 5 nitrogen and oxygen atoms in total. The molecule has 2 aliphatic rings. The van der Waals surface area contributed by atoms with Crippen molar-refractivity contribution in [2.45, 2.75) is 18.3 Å². The van der Waals surface area contributed by atoms with E-state index < -0.39 is 0 Å². The molecule has 1 spiro atoms. The topological polar surface area (TPSA) is 56.6 Å². The van der Waals surface area contributed by atoms with Gasteiger partial charge in [0, 0.05) is 41.3 Å². The molecular formula is C22H22ClN3O2. The van der Waals surface area contributed by atoms with Crippen LogP contribution in [0, 0.1) is 11.3 Å². The summed E-state index contributed by atoms with van der Waals surface area (Å²) in [6.45, 7) is 2.79. The summed E-state index contributed by atoms with van der Waals surface area (Å²) < 4.78 is 5.45. The summed E-state index contributed by atoms with van der Waals surface area (Å²) in [5, 5.41) is 9.55. The van der Waals surface area contributed by atoms with Crippen LogP contribution in [-0.2, 0) is 5.41 Å². The zero-order valence-corrected chi connectivity index (χ0v) is 16.6. The summed E-state index contributed by atoms with van der Waals surface area (Å²) in [6, 6.07) is 15.3. The zero-order chi connectivity index (χ0) is 19.7. The van der Waals surface area contributed by atoms with Gasteiger partial charge in [-0.2, -0.15) is 5.26 Å². The molecule has 0 aromatic heterocycles. The minimum absolute atomic E-state index is 0.0368. The van der Waals surface area contributed by atoms with Crippen LogP contribution in [0.3, 0.4) is 0 Å². The standard InChI is InChI=1S/C22H22ClN3O2/c1-28-18-5-6-20-19(14-18)22(7-10-25(11-8-22)12-9-24)15-26(20)21(27)16-3-2-4-17(23)13-16/h2-6,13-14H,7-8,10-12,15H2,1H3. The van der Waals surface area contributed by atoms with Gasteiger partial charge in [0.1, 0.15) is 5.75 Å². The highest BCUT2D eigenvalue weighted by Crippen LogP contribution is 2.48. The van der Waals surface area contributed by atoms with Crippen molar-refractivity contribution in [1.29, 1.82) is 5.26 Å². The fourth-order valence-electron chi connectivity index (χ4n) is 4.40. The maximum Gasteiger partial charge on any atom is 0.258 e. The average molecular weight is 396 g/mol. The van der Waals surface area contributed by atoms with Gasteiger partial charge in [-0.3, -0.25) is 9.69 Å². The van der Waals surface area contributed by atoms with Gasteiger partial charge < -0.3 is 9.64 Å². The number of halogens is 1. The van der Waals surface area contributed by atoms with Gasteiger partial charge in [-0.25, -0.2) is 0 Å². The Kier molecular flexibility index (Phi) is 5.01. The Bertz CT molecular complexity index is 945. The highest BCUT2D eigenvalue weighted by atomic mass is 35.5. The van der Waals surface area contributed by atoms with Crippen molar-refractivity contribution in [3.8, 4) is 11.8 Å². The number of nitriles is 1. The monoisotopic (exact) mass is 395 g/mol. The number of piperidine rings is 1. The molecule has 1 amide bonds. The van der Waals surface area contributed by atoms with Gasteiger partial charge in [0.2, 0.25) is 0 Å². The number of anilines is 1. The fourth-order valence-corrected chi connectivity index (χ4v) is 4.59. The van der Waals surface area contributed by atoms with Crippen LogP contribution in [0.2, 0.25) is 5.02 Å². The fraction of sp³-hybridized carbons (Fsp3) is 0.364. The lowest BCUT2D eigenvalue weighted by atomic mass is 9.74. The lowest BCUT2D eigenvalue weighted by Crippen LogP contribution is -2.46. The van der Waals surface area contributed by atoms with Crippen molar-refractivity contribution in [1.82, 2.24) is 4.90 Å². The molecule has 2 heterocycles. The predicted octanol–water partition coefficient (Wildman–Crippen LogP) is 3.87. The van der Waals surface area contributed by atoms with E-state index in [4.69, 9.17) is 21.6 Å². The number of ether oxygens (including phenoxy) is 1. The molecule has 28 heavy (non-hydrogen) atoms. The number of hydrogen-bond acceptors (Lipinski definition) is 4. The number of rotatable bonds is 3. The molecule has 4 rings (SSSR count). The molecule has 0 atom stereocenters. The van der Waals surface area contributed by atoms with E-state index in [1.54, 1.807) is 31.4 Å². The van der Waals surface area contributed by atoms with Crippen molar-refractivity contribution in [2.24, 2.45) is 0 Å². The van der Waals surface area contributed by atoms with Crippen molar-refractivity contribution in [3.63, 3.8) is 0 Å². The normalized spacial score (nSPS) is 18.0. The average Bonchev–Trinajstić information content (AvgIpc) is 3.03. The quantitative estimate of drug-likeness (QED) is 0.740. The molecule has 2 aromatic carbocycles. The lowest BCUT2D eigenvalue weighted by Gasteiger charge is -2.39. The van der Waals surface area contributed by atoms with E-state index in [2.05, 4.69) is 17.0 Å². The van der Waals surface area contributed by atoms with Crippen LogP contribution in [0.5, 0.6) is 5.75 Å². The molecule has 2 aliphatic heterocycles. The molecule has 0 unspecified atom stereocenters. The molecule has 0 N–H and O–H groups in total. The summed E-state index contributed by atoms with van der Waals surface area (Å²) in [5.74, 6) is 0.764. The van der Waals surface area contributed by atoms with E-state index in [-0.39, 0.29) is 11.3 Å². The third kappa shape index (κ3) is 3.23. The Morgan fingerprint density at radius 2 is 2.04 bits per heavy atom. The number of methoxy groups -OCH3 is 1.